The number of halogens is 3. The van der Waals surface area contributed by atoms with Crippen molar-refractivity contribution in [2.75, 3.05) is 26.2 Å². The zero-order valence-corrected chi connectivity index (χ0v) is 28.3. The Morgan fingerprint density at radius 1 is 1.00 bits per heavy atom. The molecule has 8 nitrogen and oxygen atoms in total. The maximum atomic E-state index is 13.2. The van der Waals surface area contributed by atoms with Crippen LogP contribution in [0.25, 0.3) is 22.3 Å². The number of amides is 2. The second-order valence-electron chi connectivity index (χ2n) is 12.4. The fourth-order valence-electron chi connectivity index (χ4n) is 5.24. The summed E-state index contributed by atoms with van der Waals surface area (Å²) < 4.78 is 9.10. The number of aromatic nitrogens is 1. The van der Waals surface area contributed by atoms with Gasteiger partial charge in [0, 0.05) is 31.4 Å². The van der Waals surface area contributed by atoms with Crippen molar-refractivity contribution in [3.05, 3.63) is 72.1 Å². The lowest BCUT2D eigenvalue weighted by Crippen LogP contribution is -2.42. The topological polar surface area (TPSA) is 92.2 Å². The number of likely N-dealkylation sites (tertiary alicyclic amines) is 1. The van der Waals surface area contributed by atoms with E-state index in [1.54, 1.807) is 22.1 Å². The number of aromatic hydroxyl groups is 1. The molecular formula is C34H40Cl3N3O5. The molecule has 242 valence electrons. The van der Waals surface area contributed by atoms with Gasteiger partial charge in [-0.15, -0.1) is 0 Å². The van der Waals surface area contributed by atoms with Crippen molar-refractivity contribution in [2.45, 2.75) is 62.9 Å². The van der Waals surface area contributed by atoms with Crippen LogP contribution in [0.4, 0.5) is 9.59 Å². The van der Waals surface area contributed by atoms with Gasteiger partial charge in [0.25, 0.3) is 0 Å². The number of aryl methyl sites for hydroxylation is 1. The van der Waals surface area contributed by atoms with Gasteiger partial charge >= 0.3 is 12.2 Å². The summed E-state index contributed by atoms with van der Waals surface area (Å²) in [6, 6.07) is 17.3. The third kappa shape index (κ3) is 10.7. The molecule has 1 fully saturated rings. The van der Waals surface area contributed by atoms with Gasteiger partial charge in [-0.25, -0.2) is 9.59 Å². The predicted octanol–water partition coefficient (Wildman–Crippen LogP) is 8.78. The van der Waals surface area contributed by atoms with Crippen LogP contribution in [0.15, 0.2) is 60.8 Å². The van der Waals surface area contributed by atoms with Crippen LogP contribution in [-0.2, 0) is 16.0 Å². The van der Waals surface area contributed by atoms with Gasteiger partial charge in [0.1, 0.15) is 18.0 Å². The summed E-state index contributed by atoms with van der Waals surface area (Å²) in [6.45, 7) is 8.92. The summed E-state index contributed by atoms with van der Waals surface area (Å²) in [4.78, 5) is 33.4. The first kappa shape index (κ1) is 34.7. The molecule has 2 aromatic carbocycles. The molecule has 0 aliphatic carbocycles. The van der Waals surface area contributed by atoms with Crippen LogP contribution in [-0.4, -0.2) is 67.7 Å². The minimum Gasteiger partial charge on any atom is -0.507 e. The van der Waals surface area contributed by atoms with E-state index in [1.807, 2.05) is 70.2 Å². The number of hydrogen-bond donors (Lipinski definition) is 1. The Kier molecular flexibility index (Phi) is 11.5. The van der Waals surface area contributed by atoms with Crippen LogP contribution in [0.5, 0.6) is 5.75 Å². The molecule has 4 rings (SSSR count). The van der Waals surface area contributed by atoms with Crippen LogP contribution in [0.3, 0.4) is 0 Å². The summed E-state index contributed by atoms with van der Waals surface area (Å²) in [5.74, 6) is 0.438. The van der Waals surface area contributed by atoms with E-state index in [1.165, 1.54) is 0 Å². The Morgan fingerprint density at radius 3 is 2.38 bits per heavy atom. The van der Waals surface area contributed by atoms with Gasteiger partial charge in [0.15, 0.2) is 0 Å². The number of carbonyl (C=O) groups is 2. The molecule has 0 spiro atoms. The molecule has 0 radical (unpaired) electrons. The Hall–Kier alpha value is -3.20. The molecule has 1 aliphatic rings. The van der Waals surface area contributed by atoms with E-state index >= 15 is 0 Å². The number of alkyl halides is 3. The fourth-order valence-corrected chi connectivity index (χ4v) is 5.40. The highest BCUT2D eigenvalue weighted by Crippen LogP contribution is 2.34. The van der Waals surface area contributed by atoms with E-state index in [9.17, 15) is 14.7 Å². The Morgan fingerprint density at radius 2 is 1.71 bits per heavy atom. The molecule has 0 atom stereocenters. The number of nitrogens with zero attached hydrogens (tertiary/aromatic N) is 3. The van der Waals surface area contributed by atoms with Crippen LogP contribution >= 0.6 is 34.8 Å². The second-order valence-corrected chi connectivity index (χ2v) is 14.9. The van der Waals surface area contributed by atoms with Crippen molar-refractivity contribution in [3.63, 3.8) is 0 Å². The minimum absolute atomic E-state index is 0.139. The molecule has 1 N–H and O–H groups in total. The highest BCUT2D eigenvalue weighted by Gasteiger charge is 2.29. The van der Waals surface area contributed by atoms with Crippen molar-refractivity contribution in [1.29, 1.82) is 0 Å². The normalized spacial score (nSPS) is 14.2. The molecule has 0 bridgehead atoms. The van der Waals surface area contributed by atoms with E-state index in [0.29, 0.717) is 43.2 Å². The molecule has 1 aliphatic heterocycles. The highest BCUT2D eigenvalue weighted by molar-refractivity contribution is 6.67. The number of phenols is 1. The zero-order valence-electron chi connectivity index (χ0n) is 26.1. The van der Waals surface area contributed by atoms with Gasteiger partial charge in [-0.2, -0.15) is 0 Å². The van der Waals surface area contributed by atoms with Crippen LogP contribution in [0.1, 0.15) is 51.3 Å². The molecule has 0 unspecified atom stereocenters. The molecule has 3 aromatic rings. The number of rotatable bonds is 8. The molecule has 2 amide bonds. The van der Waals surface area contributed by atoms with Gasteiger partial charge in [0.05, 0.1) is 12.2 Å². The third-order valence-electron chi connectivity index (χ3n) is 7.52. The average molecular weight is 677 g/mol. The predicted molar refractivity (Wildman–Crippen MR) is 179 cm³/mol. The lowest BCUT2D eigenvalue weighted by molar-refractivity contribution is 0.0177. The van der Waals surface area contributed by atoms with Crippen molar-refractivity contribution < 1.29 is 24.2 Å². The van der Waals surface area contributed by atoms with Gasteiger partial charge < -0.3 is 24.4 Å². The Balaban J connectivity index is 1.47. The maximum Gasteiger partial charge on any atom is 0.410 e. The number of benzene rings is 2. The molecule has 1 aromatic heterocycles. The summed E-state index contributed by atoms with van der Waals surface area (Å²) in [6.07, 6.45) is 3.01. The molecular weight excluding hydrogens is 637 g/mol. The molecule has 0 saturated carbocycles. The van der Waals surface area contributed by atoms with Gasteiger partial charge in [0.2, 0.25) is 3.79 Å². The summed E-state index contributed by atoms with van der Waals surface area (Å²) in [5.41, 5.74) is 4.64. The van der Waals surface area contributed by atoms with Gasteiger partial charge in [-0.05, 0) is 93.8 Å². The number of carbonyl (C=O) groups excluding carboxylic acids is 2. The van der Waals surface area contributed by atoms with E-state index in [2.05, 4.69) is 11.1 Å². The second kappa shape index (κ2) is 14.9. The minimum atomic E-state index is -1.74. The molecule has 2 heterocycles. The first-order valence-corrected chi connectivity index (χ1v) is 16.1. The quantitative estimate of drug-likeness (QED) is 0.240. The fraction of sp³-hybridized carbons (Fsp3) is 0.441. The van der Waals surface area contributed by atoms with Crippen LogP contribution in [0, 0.1) is 12.8 Å². The van der Waals surface area contributed by atoms with Crippen LogP contribution in [0.2, 0.25) is 0 Å². The van der Waals surface area contributed by atoms with Crippen molar-refractivity contribution in [1.82, 2.24) is 14.8 Å². The summed E-state index contributed by atoms with van der Waals surface area (Å²) in [7, 11) is 0. The van der Waals surface area contributed by atoms with E-state index in [0.717, 1.165) is 35.1 Å². The largest absolute Gasteiger partial charge is 0.507 e. The number of pyridine rings is 1. The molecule has 45 heavy (non-hydrogen) atoms. The van der Waals surface area contributed by atoms with E-state index in [-0.39, 0.29) is 18.4 Å². The number of phenolic OH excluding ortho intramolecular Hbond substituents is 1. The summed E-state index contributed by atoms with van der Waals surface area (Å²) >= 11 is 17.5. The van der Waals surface area contributed by atoms with E-state index < -0.39 is 22.1 Å². The van der Waals surface area contributed by atoms with Crippen molar-refractivity contribution >= 4 is 47.0 Å². The first-order valence-electron chi connectivity index (χ1n) is 15.0. The van der Waals surface area contributed by atoms with Crippen LogP contribution < -0.4 is 0 Å². The third-order valence-corrected chi connectivity index (χ3v) is 7.85. The Bertz CT molecular complexity index is 1480. The monoisotopic (exact) mass is 675 g/mol. The highest BCUT2D eigenvalue weighted by atomic mass is 35.6. The first-order chi connectivity index (χ1) is 21.2. The summed E-state index contributed by atoms with van der Waals surface area (Å²) in [5, 5.41) is 10.8. The Labute approximate surface area is 280 Å². The van der Waals surface area contributed by atoms with E-state index in [4.69, 9.17) is 44.3 Å². The standard InChI is InChI=1S/C34H40Cl3N3O5/c1-23-6-5-7-25(18-23)26-8-9-30(41)29(20-26)27-10-14-38-28(19-27)21-40(31(42)44-22-34(35,36)37)17-13-24-11-15-39(16-12-24)32(43)45-33(2,3)4/h5-10,14,18-20,24,41H,11-13,15-17,21-22H2,1-4H3. The van der Waals surface area contributed by atoms with Gasteiger partial charge in [-0.3, -0.25) is 4.98 Å². The van der Waals surface area contributed by atoms with Crippen molar-refractivity contribution in [2.24, 2.45) is 5.92 Å². The average Bonchev–Trinajstić information content (AvgIpc) is 2.97. The lowest BCUT2D eigenvalue weighted by Gasteiger charge is -2.34. The molecule has 1 saturated heterocycles. The smallest absolute Gasteiger partial charge is 0.410 e. The van der Waals surface area contributed by atoms with Crippen molar-refractivity contribution in [3.8, 4) is 28.0 Å². The number of hydrogen-bond acceptors (Lipinski definition) is 6. The SMILES string of the molecule is Cc1cccc(-c2ccc(O)c(-c3ccnc(CN(CCC4CCN(C(=O)OC(C)(C)C)CC4)C(=O)OCC(Cl)(Cl)Cl)c3)c2)c1. The lowest BCUT2D eigenvalue weighted by atomic mass is 9.93. The number of piperidine rings is 1. The maximum absolute atomic E-state index is 13.2. The number of ether oxygens (including phenoxy) is 2. The molecule has 11 heteroatoms. The zero-order chi connectivity index (χ0) is 32.8. The van der Waals surface area contributed by atoms with Gasteiger partial charge in [-0.1, -0.05) is 70.7 Å².